The van der Waals surface area contributed by atoms with E-state index in [2.05, 4.69) is 20.6 Å². The molecular weight excluding hydrogens is 214 g/mol. The van der Waals surface area contributed by atoms with Gasteiger partial charge in [-0.15, -0.1) is 0 Å². The molecule has 0 aliphatic carbocycles. The normalized spacial score (nSPS) is 9.94. The minimum Gasteiger partial charge on any atom is -0.399 e. The number of nitrogens with zero attached hydrogens (tertiary/aromatic N) is 2. The predicted molar refractivity (Wildman–Crippen MR) is 70.3 cm³/mol. The van der Waals surface area contributed by atoms with Gasteiger partial charge in [0.05, 0.1) is 0 Å². The van der Waals surface area contributed by atoms with Crippen molar-refractivity contribution < 1.29 is 0 Å². The molecule has 4 N–H and O–H groups in total. The van der Waals surface area contributed by atoms with Gasteiger partial charge in [0.25, 0.3) is 0 Å². The quantitative estimate of drug-likeness (QED) is 0.701. The Morgan fingerprint density at radius 3 is 2.65 bits per heavy atom. The van der Waals surface area contributed by atoms with Crippen molar-refractivity contribution in [1.29, 1.82) is 0 Å². The maximum Gasteiger partial charge on any atom is 0.229 e. The van der Waals surface area contributed by atoms with Gasteiger partial charge in [-0.25, -0.2) is 4.98 Å². The number of nitrogens with two attached hydrogens (primary N) is 1. The molecule has 5 nitrogen and oxygen atoms in total. The summed E-state index contributed by atoms with van der Waals surface area (Å²) in [5.41, 5.74) is 7.26. The van der Waals surface area contributed by atoms with Crippen LogP contribution in [0.5, 0.6) is 0 Å². The molecule has 88 valence electrons. The lowest BCUT2D eigenvalue weighted by molar-refractivity contribution is 1.11. The van der Waals surface area contributed by atoms with Gasteiger partial charge in [-0.05, 0) is 37.3 Å². The molecule has 2 rings (SSSR count). The molecule has 2 aromatic rings. The van der Waals surface area contributed by atoms with E-state index in [0.29, 0.717) is 5.95 Å². The van der Waals surface area contributed by atoms with E-state index in [1.807, 2.05) is 37.3 Å². The van der Waals surface area contributed by atoms with Crippen molar-refractivity contribution in [3.63, 3.8) is 0 Å². The van der Waals surface area contributed by atoms with E-state index in [1.54, 1.807) is 6.20 Å². The number of benzene rings is 1. The van der Waals surface area contributed by atoms with E-state index in [9.17, 15) is 0 Å². The molecule has 0 saturated carbocycles. The van der Waals surface area contributed by atoms with Crippen LogP contribution in [-0.2, 0) is 0 Å². The predicted octanol–water partition coefficient (Wildman–Crippen LogP) is 2.23. The summed E-state index contributed by atoms with van der Waals surface area (Å²) in [5, 5.41) is 6.24. The zero-order valence-corrected chi connectivity index (χ0v) is 9.64. The molecule has 1 aromatic heterocycles. The van der Waals surface area contributed by atoms with Crippen LogP contribution in [0.1, 0.15) is 6.92 Å². The Morgan fingerprint density at radius 1 is 1.18 bits per heavy atom. The number of nitrogens with one attached hydrogen (secondary N) is 2. The van der Waals surface area contributed by atoms with Crippen LogP contribution in [0, 0.1) is 0 Å². The molecular formula is C12H15N5. The van der Waals surface area contributed by atoms with Crippen LogP contribution in [0.4, 0.5) is 23.1 Å². The Morgan fingerprint density at radius 2 is 1.94 bits per heavy atom. The average molecular weight is 229 g/mol. The lowest BCUT2D eigenvalue weighted by Crippen LogP contribution is -2.03. The highest BCUT2D eigenvalue weighted by Crippen LogP contribution is 2.15. The van der Waals surface area contributed by atoms with Crippen molar-refractivity contribution in [2.24, 2.45) is 0 Å². The maximum absolute atomic E-state index is 5.61. The maximum atomic E-state index is 5.61. The highest BCUT2D eigenvalue weighted by atomic mass is 15.1. The Balaban J connectivity index is 2.12. The first kappa shape index (κ1) is 11.2. The van der Waals surface area contributed by atoms with Crippen molar-refractivity contribution in [2.75, 3.05) is 22.9 Å². The van der Waals surface area contributed by atoms with Gasteiger partial charge in [-0.1, -0.05) is 0 Å². The Labute approximate surface area is 100 Å². The minimum absolute atomic E-state index is 0.563. The second-order valence-electron chi connectivity index (χ2n) is 3.54. The minimum atomic E-state index is 0.563. The number of aromatic nitrogens is 2. The first-order chi connectivity index (χ1) is 8.28. The second-order valence-corrected chi connectivity index (χ2v) is 3.54. The van der Waals surface area contributed by atoms with Crippen LogP contribution < -0.4 is 16.4 Å². The third-order valence-corrected chi connectivity index (χ3v) is 2.18. The molecule has 0 amide bonds. The van der Waals surface area contributed by atoms with Gasteiger partial charge in [0.1, 0.15) is 5.82 Å². The van der Waals surface area contributed by atoms with Crippen molar-refractivity contribution in [2.45, 2.75) is 6.92 Å². The lowest BCUT2D eigenvalue weighted by atomic mass is 10.3. The summed E-state index contributed by atoms with van der Waals surface area (Å²) in [4.78, 5) is 8.46. The highest BCUT2D eigenvalue weighted by Gasteiger charge is 1.99. The standard InChI is InChI=1S/C12H15N5/c1-2-14-11-7-8-15-12(17-11)16-10-5-3-9(13)4-6-10/h3-8H,2,13H2,1H3,(H2,14,15,16,17). The first-order valence-corrected chi connectivity index (χ1v) is 5.47. The number of hydrogen-bond acceptors (Lipinski definition) is 5. The molecule has 0 aliphatic heterocycles. The van der Waals surface area contributed by atoms with Gasteiger partial charge in [-0.3, -0.25) is 0 Å². The van der Waals surface area contributed by atoms with Crippen LogP contribution in [-0.4, -0.2) is 16.5 Å². The van der Waals surface area contributed by atoms with Gasteiger partial charge < -0.3 is 16.4 Å². The Hall–Kier alpha value is -2.30. The van der Waals surface area contributed by atoms with E-state index >= 15 is 0 Å². The summed E-state index contributed by atoms with van der Waals surface area (Å²) >= 11 is 0. The van der Waals surface area contributed by atoms with Crippen LogP contribution in [0.3, 0.4) is 0 Å². The highest BCUT2D eigenvalue weighted by molar-refractivity contribution is 5.57. The monoisotopic (exact) mass is 229 g/mol. The first-order valence-electron chi connectivity index (χ1n) is 5.47. The fourth-order valence-electron chi connectivity index (χ4n) is 1.39. The van der Waals surface area contributed by atoms with Crippen molar-refractivity contribution in [3.8, 4) is 0 Å². The Kier molecular flexibility index (Phi) is 3.40. The number of hydrogen-bond donors (Lipinski definition) is 3. The van der Waals surface area contributed by atoms with Gasteiger partial charge in [0, 0.05) is 24.1 Å². The molecule has 1 aromatic carbocycles. The van der Waals surface area contributed by atoms with Gasteiger partial charge in [0.15, 0.2) is 0 Å². The molecule has 0 bridgehead atoms. The lowest BCUT2D eigenvalue weighted by Gasteiger charge is -2.07. The number of nitrogen functional groups attached to an aromatic ring is 1. The molecule has 0 fully saturated rings. The van der Waals surface area contributed by atoms with Crippen LogP contribution >= 0.6 is 0 Å². The number of anilines is 4. The van der Waals surface area contributed by atoms with Gasteiger partial charge in [0.2, 0.25) is 5.95 Å². The SMILES string of the molecule is CCNc1ccnc(Nc2ccc(N)cc2)n1. The van der Waals surface area contributed by atoms with E-state index in [1.165, 1.54) is 0 Å². The summed E-state index contributed by atoms with van der Waals surface area (Å²) in [6, 6.07) is 9.27. The van der Waals surface area contributed by atoms with Crippen molar-refractivity contribution in [3.05, 3.63) is 36.5 Å². The smallest absolute Gasteiger partial charge is 0.229 e. The number of rotatable bonds is 4. The summed E-state index contributed by atoms with van der Waals surface area (Å²) in [6.07, 6.45) is 1.71. The van der Waals surface area contributed by atoms with E-state index in [-0.39, 0.29) is 0 Å². The van der Waals surface area contributed by atoms with Gasteiger partial charge in [-0.2, -0.15) is 4.98 Å². The third kappa shape index (κ3) is 3.07. The molecule has 0 aliphatic rings. The molecule has 0 atom stereocenters. The molecule has 17 heavy (non-hydrogen) atoms. The Bertz CT molecular complexity index is 481. The summed E-state index contributed by atoms with van der Waals surface area (Å²) in [7, 11) is 0. The zero-order valence-electron chi connectivity index (χ0n) is 9.64. The van der Waals surface area contributed by atoms with Crippen LogP contribution in [0.2, 0.25) is 0 Å². The molecule has 5 heteroatoms. The molecule has 0 radical (unpaired) electrons. The molecule has 0 unspecified atom stereocenters. The topological polar surface area (TPSA) is 75.9 Å². The van der Waals surface area contributed by atoms with Crippen LogP contribution in [0.25, 0.3) is 0 Å². The van der Waals surface area contributed by atoms with Crippen molar-refractivity contribution >= 4 is 23.1 Å². The summed E-state index contributed by atoms with van der Waals surface area (Å²) in [5.74, 6) is 1.37. The van der Waals surface area contributed by atoms with Crippen molar-refractivity contribution in [1.82, 2.24) is 9.97 Å². The van der Waals surface area contributed by atoms with E-state index in [0.717, 1.165) is 23.7 Å². The summed E-state index contributed by atoms with van der Waals surface area (Å²) in [6.45, 7) is 2.85. The molecule has 0 saturated heterocycles. The largest absolute Gasteiger partial charge is 0.399 e. The second kappa shape index (κ2) is 5.16. The van der Waals surface area contributed by atoms with Crippen LogP contribution in [0.15, 0.2) is 36.5 Å². The molecule has 0 spiro atoms. The third-order valence-electron chi connectivity index (χ3n) is 2.18. The fourth-order valence-corrected chi connectivity index (χ4v) is 1.39. The zero-order chi connectivity index (χ0) is 12.1. The average Bonchev–Trinajstić information content (AvgIpc) is 2.33. The van der Waals surface area contributed by atoms with E-state index < -0.39 is 0 Å². The summed E-state index contributed by atoms with van der Waals surface area (Å²) < 4.78 is 0. The molecule has 1 heterocycles. The van der Waals surface area contributed by atoms with Gasteiger partial charge >= 0.3 is 0 Å². The fraction of sp³-hybridized carbons (Fsp3) is 0.167. The van der Waals surface area contributed by atoms with E-state index in [4.69, 9.17) is 5.73 Å².